The molecular weight excluding hydrogens is 288 g/mol. The normalized spacial score (nSPS) is 12.6. The molecule has 0 unspecified atom stereocenters. The lowest BCUT2D eigenvalue weighted by Gasteiger charge is -2.11. The van der Waals surface area contributed by atoms with Crippen molar-refractivity contribution >= 4 is 5.91 Å². The summed E-state index contributed by atoms with van der Waals surface area (Å²) in [6.07, 6.45) is 6.72. The summed E-state index contributed by atoms with van der Waals surface area (Å²) in [5, 5.41) is 12.1. The first kappa shape index (κ1) is 19.0. The highest BCUT2D eigenvalue weighted by molar-refractivity contribution is 5.81. The van der Waals surface area contributed by atoms with Crippen molar-refractivity contribution in [2.45, 2.75) is 46.1 Å². The number of nitrogens with two attached hydrogens (primary N) is 1. The summed E-state index contributed by atoms with van der Waals surface area (Å²) >= 11 is 0. The number of allylic oxidation sites excluding steroid dienone is 3. The molecule has 1 atom stereocenters. The molecule has 0 aliphatic rings. The zero-order valence-electron chi connectivity index (χ0n) is 14.3. The molecule has 1 amide bonds. The van der Waals surface area contributed by atoms with Gasteiger partial charge in [-0.25, -0.2) is 0 Å². The zero-order chi connectivity index (χ0) is 17.2. The van der Waals surface area contributed by atoms with Gasteiger partial charge in [0.15, 0.2) is 0 Å². The van der Waals surface area contributed by atoms with E-state index in [1.54, 1.807) is 24.3 Å². The largest absolute Gasteiger partial charge is 0.508 e. The van der Waals surface area contributed by atoms with E-state index in [9.17, 15) is 9.90 Å². The first-order chi connectivity index (χ1) is 10.9. The van der Waals surface area contributed by atoms with Crippen molar-refractivity contribution in [3.8, 4) is 5.75 Å². The molecule has 0 spiro atoms. The second-order valence-electron chi connectivity index (χ2n) is 6.09. The maximum atomic E-state index is 12.0. The Balaban J connectivity index is 2.34. The molecular formula is C19H28N2O2. The molecule has 4 N–H and O–H groups in total. The van der Waals surface area contributed by atoms with Gasteiger partial charge in [-0.1, -0.05) is 35.4 Å². The van der Waals surface area contributed by atoms with Crippen LogP contribution in [-0.2, 0) is 11.2 Å². The Hall–Kier alpha value is -2.07. The average molecular weight is 316 g/mol. The lowest BCUT2D eigenvalue weighted by atomic mass is 10.1. The topological polar surface area (TPSA) is 75.4 Å². The van der Waals surface area contributed by atoms with E-state index in [4.69, 9.17) is 5.73 Å². The highest BCUT2D eigenvalue weighted by Gasteiger charge is 2.13. The van der Waals surface area contributed by atoms with Crippen LogP contribution in [0.1, 0.15) is 39.2 Å². The maximum absolute atomic E-state index is 12.0. The predicted molar refractivity (Wildman–Crippen MR) is 95.2 cm³/mol. The second-order valence-corrected chi connectivity index (χ2v) is 6.09. The van der Waals surface area contributed by atoms with Crippen LogP contribution in [0.3, 0.4) is 0 Å². The van der Waals surface area contributed by atoms with Crippen LogP contribution in [0.25, 0.3) is 0 Å². The summed E-state index contributed by atoms with van der Waals surface area (Å²) < 4.78 is 0. The lowest BCUT2D eigenvalue weighted by Crippen LogP contribution is -2.42. The molecule has 0 heterocycles. The number of hydrogen-bond donors (Lipinski definition) is 3. The quantitative estimate of drug-likeness (QED) is 0.645. The van der Waals surface area contributed by atoms with Crippen LogP contribution in [0.2, 0.25) is 0 Å². The minimum atomic E-state index is -0.584. The van der Waals surface area contributed by atoms with E-state index in [0.29, 0.717) is 13.0 Å². The van der Waals surface area contributed by atoms with Crippen LogP contribution in [0.15, 0.2) is 47.6 Å². The van der Waals surface area contributed by atoms with Crippen molar-refractivity contribution in [1.82, 2.24) is 5.32 Å². The summed E-state index contributed by atoms with van der Waals surface area (Å²) in [6, 6.07) is 6.15. The van der Waals surface area contributed by atoms with Gasteiger partial charge in [0, 0.05) is 6.54 Å². The Morgan fingerprint density at radius 2 is 1.87 bits per heavy atom. The van der Waals surface area contributed by atoms with Gasteiger partial charge in [-0.2, -0.15) is 0 Å². The fourth-order valence-corrected chi connectivity index (χ4v) is 2.13. The summed E-state index contributed by atoms with van der Waals surface area (Å²) in [5.41, 5.74) is 9.43. The van der Waals surface area contributed by atoms with Gasteiger partial charge in [0.05, 0.1) is 6.04 Å². The van der Waals surface area contributed by atoms with Gasteiger partial charge in [-0.05, 0) is 57.7 Å². The molecule has 4 heteroatoms. The number of amides is 1. The SMILES string of the molecule is CC(C)=CCC/C(C)=C/CNC(=O)[C@@H](N)Cc1ccc(O)cc1. The Labute approximate surface area is 139 Å². The third-order valence-electron chi connectivity index (χ3n) is 3.55. The van der Waals surface area contributed by atoms with Crippen LogP contribution < -0.4 is 11.1 Å². The van der Waals surface area contributed by atoms with E-state index in [1.165, 1.54) is 11.1 Å². The van der Waals surface area contributed by atoms with E-state index in [1.807, 2.05) is 6.08 Å². The number of hydrogen-bond acceptors (Lipinski definition) is 3. The van der Waals surface area contributed by atoms with Gasteiger partial charge < -0.3 is 16.2 Å². The molecule has 0 saturated heterocycles. The van der Waals surface area contributed by atoms with Crippen LogP contribution in [0.4, 0.5) is 0 Å². The number of aromatic hydroxyl groups is 1. The molecule has 0 radical (unpaired) electrons. The van der Waals surface area contributed by atoms with E-state index < -0.39 is 6.04 Å². The van der Waals surface area contributed by atoms with Gasteiger partial charge in [-0.15, -0.1) is 0 Å². The number of rotatable bonds is 8. The summed E-state index contributed by atoms with van der Waals surface area (Å²) in [5.74, 6) is 0.0481. The molecule has 0 aliphatic heterocycles. The van der Waals surface area contributed by atoms with Crippen molar-refractivity contribution < 1.29 is 9.90 Å². The predicted octanol–water partition coefficient (Wildman–Crippen LogP) is 3.07. The summed E-state index contributed by atoms with van der Waals surface area (Å²) in [7, 11) is 0. The summed E-state index contributed by atoms with van der Waals surface area (Å²) in [6.45, 7) is 6.76. The standard InChI is InChI=1S/C19H28N2O2/c1-14(2)5-4-6-15(3)11-12-21-19(23)18(20)13-16-7-9-17(22)10-8-16/h5,7-11,18,22H,4,6,12-13,20H2,1-3H3,(H,21,23)/b15-11+/t18-/m0/s1. The van der Waals surface area contributed by atoms with E-state index in [-0.39, 0.29) is 11.7 Å². The minimum absolute atomic E-state index is 0.161. The summed E-state index contributed by atoms with van der Waals surface area (Å²) in [4.78, 5) is 12.0. The first-order valence-corrected chi connectivity index (χ1v) is 7.98. The maximum Gasteiger partial charge on any atom is 0.237 e. The number of nitrogens with one attached hydrogen (secondary N) is 1. The fraction of sp³-hybridized carbons (Fsp3) is 0.421. The van der Waals surface area contributed by atoms with Gasteiger partial charge >= 0.3 is 0 Å². The smallest absolute Gasteiger partial charge is 0.237 e. The van der Waals surface area contributed by atoms with Crippen LogP contribution in [-0.4, -0.2) is 23.6 Å². The molecule has 1 aromatic rings. The molecule has 4 nitrogen and oxygen atoms in total. The molecule has 0 aromatic heterocycles. The van der Waals surface area contributed by atoms with Gasteiger partial charge in [0.1, 0.15) is 5.75 Å². The molecule has 0 aliphatic carbocycles. The van der Waals surface area contributed by atoms with Crippen LogP contribution >= 0.6 is 0 Å². The van der Waals surface area contributed by atoms with Crippen LogP contribution in [0, 0.1) is 0 Å². The second kappa shape index (κ2) is 9.85. The molecule has 126 valence electrons. The molecule has 0 bridgehead atoms. The van der Waals surface area contributed by atoms with Gasteiger partial charge in [-0.3, -0.25) is 4.79 Å². The lowest BCUT2D eigenvalue weighted by molar-refractivity contribution is -0.122. The number of benzene rings is 1. The third-order valence-corrected chi connectivity index (χ3v) is 3.55. The number of phenolic OH excluding ortho intramolecular Hbond substituents is 1. The number of carbonyl (C=O) groups excluding carboxylic acids is 1. The Kier molecular flexibility index (Phi) is 8.13. The van der Waals surface area contributed by atoms with Crippen molar-refractivity contribution in [2.75, 3.05) is 6.54 Å². The van der Waals surface area contributed by atoms with Gasteiger partial charge in [0.2, 0.25) is 5.91 Å². The van der Waals surface area contributed by atoms with Gasteiger partial charge in [0.25, 0.3) is 0 Å². The third kappa shape index (κ3) is 8.21. The number of carbonyl (C=O) groups is 1. The van der Waals surface area contributed by atoms with Crippen molar-refractivity contribution in [3.63, 3.8) is 0 Å². The van der Waals surface area contributed by atoms with E-state index in [0.717, 1.165) is 18.4 Å². The Morgan fingerprint density at radius 3 is 2.48 bits per heavy atom. The van der Waals surface area contributed by atoms with Crippen molar-refractivity contribution in [1.29, 1.82) is 0 Å². The highest BCUT2D eigenvalue weighted by atomic mass is 16.3. The Morgan fingerprint density at radius 1 is 1.22 bits per heavy atom. The van der Waals surface area contributed by atoms with Crippen molar-refractivity contribution in [2.24, 2.45) is 5.73 Å². The van der Waals surface area contributed by atoms with Crippen LogP contribution in [0.5, 0.6) is 5.75 Å². The van der Waals surface area contributed by atoms with Crippen molar-refractivity contribution in [3.05, 3.63) is 53.1 Å². The minimum Gasteiger partial charge on any atom is -0.508 e. The van der Waals surface area contributed by atoms with E-state index in [2.05, 4.69) is 32.2 Å². The highest BCUT2D eigenvalue weighted by Crippen LogP contribution is 2.11. The molecule has 1 aromatic carbocycles. The molecule has 0 fully saturated rings. The number of phenols is 1. The average Bonchev–Trinajstić information content (AvgIpc) is 2.49. The Bertz CT molecular complexity index is 555. The van der Waals surface area contributed by atoms with E-state index >= 15 is 0 Å². The zero-order valence-corrected chi connectivity index (χ0v) is 14.3. The first-order valence-electron chi connectivity index (χ1n) is 7.98. The fourth-order valence-electron chi connectivity index (χ4n) is 2.13. The molecule has 1 rings (SSSR count). The molecule has 23 heavy (non-hydrogen) atoms. The molecule has 0 saturated carbocycles. The monoisotopic (exact) mass is 316 g/mol.